The van der Waals surface area contributed by atoms with E-state index < -0.39 is 0 Å². The molecule has 0 atom stereocenters. The molecule has 2 nitrogen and oxygen atoms in total. The average molecular weight is 190 g/mol. The van der Waals surface area contributed by atoms with Gasteiger partial charge in [-0.15, -0.1) is 0 Å². The van der Waals surface area contributed by atoms with E-state index in [1.54, 1.807) is 0 Å². The third-order valence-corrected chi connectivity index (χ3v) is 2.67. The van der Waals surface area contributed by atoms with E-state index in [0.717, 1.165) is 25.9 Å². The van der Waals surface area contributed by atoms with Crippen molar-refractivity contribution in [3.8, 4) is 0 Å². The molecule has 1 aromatic heterocycles. The molecule has 14 heavy (non-hydrogen) atoms. The highest BCUT2D eigenvalue weighted by Gasteiger charge is 2.14. The van der Waals surface area contributed by atoms with E-state index in [2.05, 4.69) is 35.7 Å². The molecule has 2 heterocycles. The lowest BCUT2D eigenvalue weighted by atomic mass is 10.1. The first-order valence-corrected chi connectivity index (χ1v) is 5.51. The maximum absolute atomic E-state index is 4.65. The van der Waals surface area contributed by atoms with Gasteiger partial charge in [0, 0.05) is 19.3 Å². The molecule has 2 rings (SSSR count). The Bertz CT molecular complexity index is 347. The summed E-state index contributed by atoms with van der Waals surface area (Å²) in [5, 5.41) is 0. The van der Waals surface area contributed by atoms with Crippen molar-refractivity contribution in [2.75, 3.05) is 6.54 Å². The van der Waals surface area contributed by atoms with Crippen molar-refractivity contribution in [3.05, 3.63) is 23.5 Å². The zero-order valence-electron chi connectivity index (χ0n) is 9.08. The van der Waals surface area contributed by atoms with E-state index in [1.807, 2.05) is 0 Å². The molecule has 0 radical (unpaired) electrons. The lowest BCUT2D eigenvalue weighted by molar-refractivity contribution is 0.629. The van der Waals surface area contributed by atoms with Gasteiger partial charge in [-0.25, -0.2) is 0 Å². The summed E-state index contributed by atoms with van der Waals surface area (Å²) in [4.78, 5) is 4.65. The number of aromatic nitrogens is 1. The molecule has 0 aliphatic carbocycles. The van der Waals surface area contributed by atoms with Gasteiger partial charge in [0.15, 0.2) is 0 Å². The standard InChI is InChI=1S/C12H18N2/c1-3-6-13-11-5-4-7-14-9-10(2)8-12(11)14/h8-9H,3-7H2,1-2H3. The van der Waals surface area contributed by atoms with Crippen LogP contribution in [0, 0.1) is 6.92 Å². The summed E-state index contributed by atoms with van der Waals surface area (Å²) in [5.41, 5.74) is 4.01. The number of aliphatic imine (C=N–C) groups is 1. The minimum absolute atomic E-state index is 0.972. The first kappa shape index (κ1) is 9.50. The number of hydrogen-bond donors (Lipinski definition) is 0. The fraction of sp³-hybridized carbons (Fsp3) is 0.583. The predicted molar refractivity (Wildman–Crippen MR) is 60.1 cm³/mol. The van der Waals surface area contributed by atoms with Crippen LogP contribution >= 0.6 is 0 Å². The number of rotatable bonds is 2. The molecule has 1 aromatic rings. The minimum Gasteiger partial charge on any atom is -0.346 e. The van der Waals surface area contributed by atoms with Crippen LogP contribution in [0.5, 0.6) is 0 Å². The molecule has 0 bridgehead atoms. The van der Waals surface area contributed by atoms with Crippen LogP contribution in [0.25, 0.3) is 0 Å². The van der Waals surface area contributed by atoms with Gasteiger partial charge in [0.05, 0.1) is 11.4 Å². The zero-order valence-corrected chi connectivity index (χ0v) is 9.08. The minimum atomic E-state index is 0.972. The number of aryl methyl sites for hydroxylation is 2. The molecular weight excluding hydrogens is 172 g/mol. The Balaban J connectivity index is 2.30. The van der Waals surface area contributed by atoms with Crippen LogP contribution in [0.3, 0.4) is 0 Å². The van der Waals surface area contributed by atoms with Gasteiger partial charge in [-0.3, -0.25) is 4.99 Å². The second-order valence-corrected chi connectivity index (χ2v) is 4.03. The highest BCUT2D eigenvalue weighted by atomic mass is 15.0. The van der Waals surface area contributed by atoms with Gasteiger partial charge in [-0.2, -0.15) is 0 Å². The molecule has 0 aromatic carbocycles. The van der Waals surface area contributed by atoms with Crippen molar-refractivity contribution < 1.29 is 0 Å². The van der Waals surface area contributed by atoms with Crippen LogP contribution in [0.2, 0.25) is 0 Å². The van der Waals surface area contributed by atoms with E-state index >= 15 is 0 Å². The second kappa shape index (κ2) is 3.99. The van der Waals surface area contributed by atoms with Crippen LogP contribution in [0.1, 0.15) is 37.4 Å². The van der Waals surface area contributed by atoms with Gasteiger partial charge in [0.25, 0.3) is 0 Å². The van der Waals surface area contributed by atoms with Gasteiger partial charge in [-0.05, 0) is 37.8 Å². The summed E-state index contributed by atoms with van der Waals surface area (Å²) in [6.07, 6.45) is 5.77. The lowest BCUT2D eigenvalue weighted by Gasteiger charge is -2.17. The summed E-state index contributed by atoms with van der Waals surface area (Å²) in [6.45, 7) is 6.47. The van der Waals surface area contributed by atoms with E-state index in [9.17, 15) is 0 Å². The lowest BCUT2D eigenvalue weighted by Crippen LogP contribution is -2.16. The third kappa shape index (κ3) is 1.74. The molecule has 0 N–H and O–H groups in total. The van der Waals surface area contributed by atoms with Crippen molar-refractivity contribution in [1.29, 1.82) is 0 Å². The smallest absolute Gasteiger partial charge is 0.0623 e. The van der Waals surface area contributed by atoms with Gasteiger partial charge >= 0.3 is 0 Å². The maximum Gasteiger partial charge on any atom is 0.0623 e. The van der Waals surface area contributed by atoms with Gasteiger partial charge in [0.1, 0.15) is 0 Å². The molecule has 0 unspecified atom stereocenters. The van der Waals surface area contributed by atoms with E-state index in [4.69, 9.17) is 0 Å². The Morgan fingerprint density at radius 1 is 1.50 bits per heavy atom. The van der Waals surface area contributed by atoms with Crippen molar-refractivity contribution >= 4 is 5.71 Å². The summed E-state index contributed by atoms with van der Waals surface area (Å²) < 4.78 is 2.34. The molecule has 2 heteroatoms. The Morgan fingerprint density at radius 2 is 2.36 bits per heavy atom. The molecule has 0 fully saturated rings. The van der Waals surface area contributed by atoms with Gasteiger partial charge < -0.3 is 4.57 Å². The molecule has 0 amide bonds. The topological polar surface area (TPSA) is 17.3 Å². The maximum atomic E-state index is 4.65. The van der Waals surface area contributed by atoms with Crippen LogP contribution in [-0.4, -0.2) is 16.8 Å². The van der Waals surface area contributed by atoms with Crippen molar-refractivity contribution in [3.63, 3.8) is 0 Å². The molecule has 1 aliphatic rings. The number of fused-ring (bicyclic) bond motifs is 1. The van der Waals surface area contributed by atoms with Crippen molar-refractivity contribution in [2.24, 2.45) is 4.99 Å². The fourth-order valence-electron chi connectivity index (χ4n) is 2.04. The SMILES string of the molecule is CCCN=C1CCCn2cc(C)cc21. The quantitative estimate of drug-likeness (QED) is 0.682. The molecule has 76 valence electrons. The first-order chi connectivity index (χ1) is 6.81. The van der Waals surface area contributed by atoms with Crippen LogP contribution in [0.4, 0.5) is 0 Å². The third-order valence-electron chi connectivity index (χ3n) is 2.67. The fourth-order valence-corrected chi connectivity index (χ4v) is 2.04. The number of hydrogen-bond acceptors (Lipinski definition) is 1. The highest BCUT2D eigenvalue weighted by molar-refractivity contribution is 6.00. The Hall–Kier alpha value is -1.05. The second-order valence-electron chi connectivity index (χ2n) is 4.03. The van der Waals surface area contributed by atoms with E-state index in [0.29, 0.717) is 0 Å². The normalized spacial score (nSPS) is 18.6. The van der Waals surface area contributed by atoms with E-state index in [1.165, 1.54) is 23.4 Å². The zero-order chi connectivity index (χ0) is 9.97. The van der Waals surface area contributed by atoms with Crippen molar-refractivity contribution in [2.45, 2.75) is 39.7 Å². The van der Waals surface area contributed by atoms with Crippen LogP contribution in [0.15, 0.2) is 17.3 Å². The first-order valence-electron chi connectivity index (χ1n) is 5.51. The number of nitrogens with zero attached hydrogens (tertiary/aromatic N) is 2. The monoisotopic (exact) mass is 190 g/mol. The highest BCUT2D eigenvalue weighted by Crippen LogP contribution is 2.18. The summed E-state index contributed by atoms with van der Waals surface area (Å²) in [6, 6.07) is 2.26. The van der Waals surface area contributed by atoms with Crippen LogP contribution in [-0.2, 0) is 6.54 Å². The Morgan fingerprint density at radius 3 is 3.14 bits per heavy atom. The average Bonchev–Trinajstić information content (AvgIpc) is 2.55. The van der Waals surface area contributed by atoms with Crippen LogP contribution < -0.4 is 0 Å². The van der Waals surface area contributed by atoms with Gasteiger partial charge in [-0.1, -0.05) is 6.92 Å². The summed E-state index contributed by atoms with van der Waals surface area (Å²) in [5.74, 6) is 0. The largest absolute Gasteiger partial charge is 0.346 e. The summed E-state index contributed by atoms with van der Waals surface area (Å²) >= 11 is 0. The Labute approximate surface area is 85.7 Å². The molecule has 0 saturated carbocycles. The van der Waals surface area contributed by atoms with E-state index in [-0.39, 0.29) is 0 Å². The molecular formula is C12H18N2. The molecule has 0 saturated heterocycles. The summed E-state index contributed by atoms with van der Waals surface area (Å²) in [7, 11) is 0. The molecule has 1 aliphatic heterocycles. The molecule has 0 spiro atoms. The predicted octanol–water partition coefficient (Wildman–Crippen LogP) is 2.79. The van der Waals surface area contributed by atoms with Gasteiger partial charge in [0.2, 0.25) is 0 Å². The Kier molecular flexibility index (Phi) is 2.71. The van der Waals surface area contributed by atoms with Crippen molar-refractivity contribution in [1.82, 2.24) is 4.57 Å².